The van der Waals surface area contributed by atoms with E-state index in [4.69, 9.17) is 10.6 Å². The lowest BCUT2D eigenvalue weighted by molar-refractivity contribution is -0.0963. The van der Waals surface area contributed by atoms with Crippen LogP contribution in [0.3, 0.4) is 0 Å². The van der Waals surface area contributed by atoms with Crippen LogP contribution < -0.4 is 11.3 Å². The number of nitrogens with two attached hydrogens (primary N) is 1. The fraction of sp³-hybridized carbons (Fsp3) is 0.688. The van der Waals surface area contributed by atoms with Crippen molar-refractivity contribution in [3.63, 3.8) is 0 Å². The molecule has 1 atom stereocenters. The highest BCUT2D eigenvalue weighted by Gasteiger charge is 2.41. The smallest absolute Gasteiger partial charge is 0.0852 e. The summed E-state index contributed by atoms with van der Waals surface area (Å²) in [6.07, 6.45) is 7.15. The highest BCUT2D eigenvalue weighted by molar-refractivity contribution is 9.10. The van der Waals surface area contributed by atoms with Gasteiger partial charge in [0.25, 0.3) is 0 Å². The zero-order chi connectivity index (χ0) is 15.3. The van der Waals surface area contributed by atoms with E-state index in [2.05, 4.69) is 40.2 Å². The molecule has 0 bridgehead atoms. The summed E-state index contributed by atoms with van der Waals surface area (Å²) in [5.74, 6) is 6.64. The highest BCUT2D eigenvalue weighted by Crippen LogP contribution is 2.38. The van der Waals surface area contributed by atoms with Crippen LogP contribution in [0.15, 0.2) is 22.8 Å². The number of nitrogens with one attached hydrogen (secondary N) is 1. The molecule has 1 aromatic heterocycles. The zero-order valence-electron chi connectivity index (χ0n) is 12.9. The summed E-state index contributed by atoms with van der Waals surface area (Å²) in [4.78, 5) is 4.47. The van der Waals surface area contributed by atoms with Crippen molar-refractivity contribution in [1.29, 1.82) is 0 Å². The Morgan fingerprint density at radius 2 is 2.19 bits per heavy atom. The summed E-state index contributed by atoms with van der Waals surface area (Å²) < 4.78 is 7.18. The van der Waals surface area contributed by atoms with Gasteiger partial charge in [-0.05, 0) is 66.6 Å². The maximum atomic E-state index is 6.19. The average molecular weight is 356 g/mol. The molecule has 0 spiro atoms. The zero-order valence-corrected chi connectivity index (χ0v) is 14.5. The van der Waals surface area contributed by atoms with Gasteiger partial charge in [0.15, 0.2) is 0 Å². The van der Waals surface area contributed by atoms with Gasteiger partial charge in [-0.25, -0.2) is 0 Å². The van der Waals surface area contributed by atoms with Crippen LogP contribution in [0.25, 0.3) is 0 Å². The predicted octanol–water partition coefficient (Wildman–Crippen LogP) is 3.20. The van der Waals surface area contributed by atoms with Crippen LogP contribution in [-0.2, 0) is 11.2 Å². The fourth-order valence-corrected chi connectivity index (χ4v) is 3.50. The number of nitrogens with zero attached hydrogens (tertiary/aromatic N) is 1. The molecular weight excluding hydrogens is 330 g/mol. The minimum atomic E-state index is -0.162. The van der Waals surface area contributed by atoms with Gasteiger partial charge in [0, 0.05) is 29.4 Å². The number of hydrogen-bond donors (Lipinski definition) is 2. The van der Waals surface area contributed by atoms with Crippen molar-refractivity contribution in [1.82, 2.24) is 10.4 Å². The van der Waals surface area contributed by atoms with E-state index in [1.54, 1.807) is 0 Å². The van der Waals surface area contributed by atoms with Crippen LogP contribution in [0.4, 0.5) is 0 Å². The molecule has 1 aliphatic rings. The summed E-state index contributed by atoms with van der Waals surface area (Å²) in [6.45, 7) is 5.10. The minimum Gasteiger partial charge on any atom is -0.374 e. The third kappa shape index (κ3) is 4.25. The van der Waals surface area contributed by atoms with Gasteiger partial charge in [-0.2, -0.15) is 0 Å². The molecular formula is C16H26BrN3O. The Balaban J connectivity index is 2.13. The van der Waals surface area contributed by atoms with E-state index in [9.17, 15) is 0 Å². The molecule has 5 heteroatoms. The lowest BCUT2D eigenvalue weighted by Gasteiger charge is -2.44. The molecule has 0 radical (unpaired) electrons. The van der Waals surface area contributed by atoms with Gasteiger partial charge in [-0.3, -0.25) is 16.3 Å². The molecule has 1 unspecified atom stereocenters. The molecule has 0 saturated heterocycles. The van der Waals surface area contributed by atoms with E-state index in [1.807, 2.05) is 18.3 Å². The lowest BCUT2D eigenvalue weighted by atomic mass is 9.74. The second-order valence-electron chi connectivity index (χ2n) is 6.07. The number of halogens is 1. The van der Waals surface area contributed by atoms with E-state index in [1.165, 1.54) is 12.8 Å². The van der Waals surface area contributed by atoms with E-state index < -0.39 is 0 Å². The molecule has 3 N–H and O–H groups in total. The number of hydrogen-bond acceptors (Lipinski definition) is 4. The van der Waals surface area contributed by atoms with Crippen LogP contribution in [0.1, 0.15) is 45.2 Å². The number of rotatable bonds is 6. The van der Waals surface area contributed by atoms with Crippen molar-refractivity contribution in [2.24, 2.45) is 11.8 Å². The summed E-state index contributed by atoms with van der Waals surface area (Å²) in [5.41, 5.74) is 3.88. The standard InChI is InChI=1S/C16H26BrN3O/c1-3-21-16(8-6-12(2)7-9-16)15(20-18)10-14-5-4-13(17)11-19-14/h4-5,11-12,15,20H,3,6-10,18H2,1-2H3. The second-order valence-corrected chi connectivity index (χ2v) is 6.99. The predicted molar refractivity (Wildman–Crippen MR) is 88.7 cm³/mol. The molecule has 4 nitrogen and oxygen atoms in total. The van der Waals surface area contributed by atoms with Crippen molar-refractivity contribution in [2.45, 2.75) is 57.6 Å². The van der Waals surface area contributed by atoms with Gasteiger partial charge in [-0.15, -0.1) is 0 Å². The topological polar surface area (TPSA) is 60.2 Å². The SMILES string of the molecule is CCOC1(C(Cc2ccc(Br)cn2)NN)CCC(C)CC1. The molecule has 118 valence electrons. The van der Waals surface area contributed by atoms with E-state index in [0.717, 1.165) is 42.0 Å². The quantitative estimate of drug-likeness (QED) is 0.607. The highest BCUT2D eigenvalue weighted by atomic mass is 79.9. The second kappa shape index (κ2) is 7.68. The van der Waals surface area contributed by atoms with Gasteiger partial charge in [-0.1, -0.05) is 6.92 Å². The molecule has 0 aromatic carbocycles. The Morgan fingerprint density at radius 1 is 1.48 bits per heavy atom. The normalized spacial score (nSPS) is 27.5. The van der Waals surface area contributed by atoms with E-state index in [-0.39, 0.29) is 11.6 Å². The Labute approximate surface area is 136 Å². The first-order valence-corrected chi connectivity index (χ1v) is 8.59. The Hall–Kier alpha value is -0.490. The van der Waals surface area contributed by atoms with Crippen molar-refractivity contribution >= 4 is 15.9 Å². The molecule has 21 heavy (non-hydrogen) atoms. The van der Waals surface area contributed by atoms with Crippen molar-refractivity contribution in [2.75, 3.05) is 6.61 Å². The Kier molecular flexibility index (Phi) is 6.17. The molecule has 1 aromatic rings. The molecule has 0 aliphatic heterocycles. The monoisotopic (exact) mass is 355 g/mol. The maximum absolute atomic E-state index is 6.19. The average Bonchev–Trinajstić information content (AvgIpc) is 2.49. The summed E-state index contributed by atoms with van der Waals surface area (Å²) in [7, 11) is 0. The number of ether oxygens (including phenoxy) is 1. The van der Waals surface area contributed by atoms with Gasteiger partial charge in [0.05, 0.1) is 11.6 Å². The van der Waals surface area contributed by atoms with Gasteiger partial charge in [0.1, 0.15) is 0 Å². The van der Waals surface area contributed by atoms with Gasteiger partial charge in [0.2, 0.25) is 0 Å². The van der Waals surface area contributed by atoms with Crippen molar-refractivity contribution < 1.29 is 4.74 Å². The fourth-order valence-electron chi connectivity index (χ4n) is 3.26. The summed E-state index contributed by atoms with van der Waals surface area (Å²) in [6, 6.07) is 4.16. The largest absolute Gasteiger partial charge is 0.374 e. The minimum absolute atomic E-state index is 0.0959. The first-order valence-electron chi connectivity index (χ1n) is 7.80. The Morgan fingerprint density at radius 3 is 2.71 bits per heavy atom. The summed E-state index contributed by atoms with van der Waals surface area (Å²) >= 11 is 3.42. The van der Waals surface area contributed by atoms with E-state index >= 15 is 0 Å². The number of pyridine rings is 1. The maximum Gasteiger partial charge on any atom is 0.0852 e. The molecule has 2 rings (SSSR count). The van der Waals surface area contributed by atoms with Crippen molar-refractivity contribution in [3.05, 3.63) is 28.5 Å². The molecule has 1 saturated carbocycles. The Bertz CT molecular complexity index is 430. The summed E-state index contributed by atoms with van der Waals surface area (Å²) in [5, 5.41) is 0. The first kappa shape index (κ1) is 16.9. The van der Waals surface area contributed by atoms with Crippen LogP contribution in [-0.4, -0.2) is 23.2 Å². The van der Waals surface area contributed by atoms with Gasteiger partial charge >= 0.3 is 0 Å². The van der Waals surface area contributed by atoms with E-state index in [0.29, 0.717) is 0 Å². The molecule has 1 fully saturated rings. The lowest BCUT2D eigenvalue weighted by Crippen LogP contribution is -2.57. The third-order valence-corrected chi connectivity index (χ3v) is 5.06. The first-order chi connectivity index (χ1) is 10.1. The number of aromatic nitrogens is 1. The van der Waals surface area contributed by atoms with Crippen LogP contribution in [0, 0.1) is 5.92 Å². The number of hydrazine groups is 1. The molecule has 0 amide bonds. The van der Waals surface area contributed by atoms with Crippen LogP contribution >= 0.6 is 15.9 Å². The molecule has 1 aliphatic carbocycles. The third-order valence-electron chi connectivity index (χ3n) is 4.59. The molecule has 1 heterocycles. The van der Waals surface area contributed by atoms with Crippen LogP contribution in [0.5, 0.6) is 0 Å². The van der Waals surface area contributed by atoms with Crippen LogP contribution in [0.2, 0.25) is 0 Å². The van der Waals surface area contributed by atoms with Gasteiger partial charge < -0.3 is 4.74 Å². The van der Waals surface area contributed by atoms with Crippen molar-refractivity contribution in [3.8, 4) is 0 Å².